The van der Waals surface area contributed by atoms with Crippen molar-refractivity contribution in [2.24, 2.45) is 0 Å². The maximum absolute atomic E-state index is 13.6. The molecule has 0 radical (unpaired) electrons. The number of aryl methyl sites for hydroxylation is 2. The number of nitrogens with zero attached hydrogens (tertiary/aromatic N) is 1. The zero-order valence-electron chi connectivity index (χ0n) is 15.0. The molecule has 1 unspecified atom stereocenters. The van der Waals surface area contributed by atoms with Gasteiger partial charge in [-0.2, -0.15) is 18.4 Å². The third-order valence-electron chi connectivity index (χ3n) is 4.55. The van der Waals surface area contributed by atoms with E-state index in [1.807, 2.05) is 0 Å². The maximum Gasteiger partial charge on any atom is 0.450 e. The van der Waals surface area contributed by atoms with E-state index in [9.17, 15) is 26.9 Å². The number of rotatable bonds is 3. The zero-order valence-corrected chi connectivity index (χ0v) is 15.9. The molecule has 0 aliphatic carbocycles. The van der Waals surface area contributed by atoms with Crippen molar-refractivity contribution in [1.29, 1.82) is 5.26 Å². The summed E-state index contributed by atoms with van der Waals surface area (Å²) < 4.78 is 71.8. The Hall–Kier alpha value is -2.79. The molecule has 3 rings (SSSR count). The molecule has 0 fully saturated rings. The predicted octanol–water partition coefficient (Wildman–Crippen LogP) is 4.69. The Labute approximate surface area is 160 Å². The van der Waals surface area contributed by atoms with E-state index < -0.39 is 38.7 Å². The standard InChI is InChI=1S/C20H16F3NO3S/c1-13-3-7-15(8-4-13)19(12-24)11-17(18(27-19)20(21,22)23)28(25,26)16-9-5-14(2)6-10-16/h3-10H,11H2,1-2H3. The van der Waals surface area contributed by atoms with Crippen LogP contribution in [0.1, 0.15) is 23.1 Å². The first-order valence-electron chi connectivity index (χ1n) is 8.29. The number of hydrogen-bond donors (Lipinski definition) is 0. The van der Waals surface area contributed by atoms with Crippen LogP contribution in [0.4, 0.5) is 13.2 Å². The van der Waals surface area contributed by atoms with Gasteiger partial charge in [-0.3, -0.25) is 0 Å². The zero-order chi connectivity index (χ0) is 20.7. The number of ether oxygens (including phenoxy) is 1. The highest BCUT2D eigenvalue weighted by molar-refractivity contribution is 7.95. The number of hydrogen-bond acceptors (Lipinski definition) is 4. The van der Waals surface area contributed by atoms with E-state index in [2.05, 4.69) is 0 Å². The van der Waals surface area contributed by atoms with E-state index >= 15 is 0 Å². The van der Waals surface area contributed by atoms with Crippen molar-refractivity contribution in [3.8, 4) is 6.07 Å². The van der Waals surface area contributed by atoms with Crippen LogP contribution < -0.4 is 0 Å². The van der Waals surface area contributed by atoms with Gasteiger partial charge in [-0.15, -0.1) is 0 Å². The molecule has 1 heterocycles. The van der Waals surface area contributed by atoms with Crippen molar-refractivity contribution in [3.05, 3.63) is 75.9 Å². The summed E-state index contributed by atoms with van der Waals surface area (Å²) in [6.07, 6.45) is -5.78. The number of allylic oxidation sites excluding steroid dienone is 1. The van der Waals surface area contributed by atoms with Gasteiger partial charge in [-0.25, -0.2) is 8.42 Å². The number of benzene rings is 2. The summed E-state index contributed by atoms with van der Waals surface area (Å²) in [7, 11) is -4.50. The van der Waals surface area contributed by atoms with Crippen LogP contribution in [0, 0.1) is 25.2 Å². The van der Waals surface area contributed by atoms with Gasteiger partial charge >= 0.3 is 6.18 Å². The van der Waals surface area contributed by atoms with Gasteiger partial charge in [0.15, 0.2) is 0 Å². The van der Waals surface area contributed by atoms with Crippen molar-refractivity contribution in [1.82, 2.24) is 0 Å². The molecular weight excluding hydrogens is 391 g/mol. The minimum absolute atomic E-state index is 0.163. The van der Waals surface area contributed by atoms with Gasteiger partial charge in [0.1, 0.15) is 11.0 Å². The summed E-state index contributed by atoms with van der Waals surface area (Å²) in [5.74, 6) is -1.64. The van der Waals surface area contributed by atoms with Crippen molar-refractivity contribution < 1.29 is 26.3 Å². The maximum atomic E-state index is 13.6. The smallest absolute Gasteiger partial charge is 0.450 e. The molecule has 0 saturated carbocycles. The molecule has 146 valence electrons. The van der Waals surface area contributed by atoms with E-state index in [1.165, 1.54) is 36.4 Å². The van der Waals surface area contributed by atoms with Gasteiger partial charge in [0.05, 0.1) is 4.90 Å². The summed E-state index contributed by atoms with van der Waals surface area (Å²) in [4.78, 5) is -1.22. The fourth-order valence-electron chi connectivity index (χ4n) is 2.98. The molecule has 28 heavy (non-hydrogen) atoms. The van der Waals surface area contributed by atoms with Gasteiger partial charge in [0.2, 0.25) is 21.2 Å². The topological polar surface area (TPSA) is 67.2 Å². The lowest BCUT2D eigenvalue weighted by Gasteiger charge is -2.23. The molecule has 0 saturated heterocycles. The van der Waals surface area contributed by atoms with Crippen LogP contribution in [-0.4, -0.2) is 14.6 Å². The van der Waals surface area contributed by atoms with Crippen LogP contribution in [0.2, 0.25) is 0 Å². The molecule has 4 nitrogen and oxygen atoms in total. The molecule has 0 aromatic heterocycles. The molecule has 2 aromatic rings. The lowest BCUT2D eigenvalue weighted by molar-refractivity contribution is -0.142. The van der Waals surface area contributed by atoms with Gasteiger partial charge in [0, 0.05) is 12.0 Å². The lowest BCUT2D eigenvalue weighted by Crippen LogP contribution is -2.26. The largest absolute Gasteiger partial charge is 0.462 e. The van der Waals surface area contributed by atoms with Crippen LogP contribution in [0.25, 0.3) is 0 Å². The van der Waals surface area contributed by atoms with E-state index in [0.717, 1.165) is 11.1 Å². The van der Waals surface area contributed by atoms with Gasteiger partial charge in [-0.05, 0) is 26.0 Å². The highest BCUT2D eigenvalue weighted by Gasteiger charge is 2.55. The highest BCUT2D eigenvalue weighted by Crippen LogP contribution is 2.49. The average Bonchev–Trinajstić information content (AvgIpc) is 3.05. The van der Waals surface area contributed by atoms with E-state index in [-0.39, 0.29) is 10.5 Å². The van der Waals surface area contributed by atoms with Crippen LogP contribution in [-0.2, 0) is 20.2 Å². The van der Waals surface area contributed by atoms with Crippen LogP contribution in [0.3, 0.4) is 0 Å². The number of nitriles is 1. The number of alkyl halides is 3. The molecular formula is C20H16F3NO3S. The van der Waals surface area contributed by atoms with Crippen LogP contribution in [0.5, 0.6) is 0 Å². The Bertz CT molecular complexity index is 1080. The summed E-state index contributed by atoms with van der Waals surface area (Å²) >= 11 is 0. The van der Waals surface area contributed by atoms with Crippen LogP contribution >= 0.6 is 0 Å². The third kappa shape index (κ3) is 3.38. The second kappa shape index (κ2) is 6.67. The fourth-order valence-corrected chi connectivity index (χ4v) is 4.55. The lowest BCUT2D eigenvalue weighted by atomic mass is 9.92. The monoisotopic (exact) mass is 407 g/mol. The van der Waals surface area contributed by atoms with Gasteiger partial charge < -0.3 is 4.74 Å². The molecule has 2 aromatic carbocycles. The molecule has 0 amide bonds. The molecule has 1 atom stereocenters. The quantitative estimate of drug-likeness (QED) is 0.740. The molecule has 8 heteroatoms. The number of halogens is 3. The Morgan fingerprint density at radius 1 is 1.00 bits per heavy atom. The van der Waals surface area contributed by atoms with E-state index in [0.29, 0.717) is 0 Å². The van der Waals surface area contributed by atoms with E-state index in [4.69, 9.17) is 4.74 Å². The summed E-state index contributed by atoms with van der Waals surface area (Å²) in [5.41, 5.74) is -0.300. The first-order chi connectivity index (χ1) is 13.0. The Morgan fingerprint density at radius 2 is 1.50 bits per heavy atom. The summed E-state index contributed by atoms with van der Waals surface area (Å²) in [6, 6.07) is 13.4. The minimum atomic E-state index is -5.06. The second-order valence-corrected chi connectivity index (χ2v) is 8.62. The molecule has 0 bridgehead atoms. The normalized spacial score (nSPS) is 20.0. The fraction of sp³-hybridized carbons (Fsp3) is 0.250. The van der Waals surface area contributed by atoms with E-state index in [1.54, 1.807) is 32.0 Å². The first kappa shape index (κ1) is 20.0. The highest BCUT2D eigenvalue weighted by atomic mass is 32.2. The van der Waals surface area contributed by atoms with Crippen molar-refractivity contribution in [2.45, 2.75) is 36.9 Å². The molecule has 1 aliphatic rings. The van der Waals surface area contributed by atoms with Crippen LogP contribution in [0.15, 0.2) is 64.1 Å². The second-order valence-electron chi connectivity index (χ2n) is 6.65. The SMILES string of the molecule is Cc1ccc(C2(C#N)CC(S(=O)(=O)c3ccc(C)cc3)=C(C(F)(F)F)O2)cc1. The minimum Gasteiger partial charge on any atom is -0.462 e. The predicted molar refractivity (Wildman–Crippen MR) is 95.6 cm³/mol. The van der Waals surface area contributed by atoms with Crippen molar-refractivity contribution >= 4 is 9.84 Å². The summed E-state index contributed by atoms with van der Waals surface area (Å²) in [5, 5.41) is 9.65. The van der Waals surface area contributed by atoms with Gasteiger partial charge in [-0.1, -0.05) is 47.5 Å². The van der Waals surface area contributed by atoms with Crippen molar-refractivity contribution in [3.63, 3.8) is 0 Å². The van der Waals surface area contributed by atoms with Crippen molar-refractivity contribution in [2.75, 3.05) is 0 Å². The Kier molecular flexibility index (Phi) is 4.76. The van der Waals surface area contributed by atoms with Gasteiger partial charge in [0.25, 0.3) is 0 Å². The molecule has 0 N–H and O–H groups in total. The molecule has 0 spiro atoms. The Morgan fingerprint density at radius 3 is 1.96 bits per heavy atom. The molecule has 1 aliphatic heterocycles. The Balaban J connectivity index is 2.16. The average molecular weight is 407 g/mol. The summed E-state index contributed by atoms with van der Waals surface area (Å²) in [6.45, 7) is 3.51. The first-order valence-corrected chi connectivity index (χ1v) is 9.77. The third-order valence-corrected chi connectivity index (χ3v) is 6.42. The number of sulfone groups is 1.